The van der Waals surface area contributed by atoms with Crippen molar-refractivity contribution in [2.75, 3.05) is 7.05 Å². The normalized spacial score (nSPS) is 11.8. The Balaban J connectivity index is 2.19. The summed E-state index contributed by atoms with van der Waals surface area (Å²) in [5.41, 5.74) is 4.06. The molecule has 0 radical (unpaired) electrons. The van der Waals surface area contributed by atoms with Gasteiger partial charge in [-0.3, -0.25) is 0 Å². The largest absolute Gasteiger partial charge is 0.316 e. The first-order valence-electron chi connectivity index (χ1n) is 6.67. The summed E-state index contributed by atoms with van der Waals surface area (Å²) in [6.07, 6.45) is 0.929. The Labute approximate surface area is 119 Å². The molecule has 0 amide bonds. The summed E-state index contributed by atoms with van der Waals surface area (Å²) in [5, 5.41) is 6.62. The lowest BCUT2D eigenvalue weighted by Crippen LogP contribution is -2.11. The van der Waals surface area contributed by atoms with Gasteiger partial charge in [0.15, 0.2) is 0 Å². The fourth-order valence-corrected chi connectivity index (χ4v) is 3.04. The lowest BCUT2D eigenvalue weighted by Gasteiger charge is -2.14. The van der Waals surface area contributed by atoms with Crippen LogP contribution in [0, 0.1) is 0 Å². The van der Waals surface area contributed by atoms with Crippen LogP contribution in [-0.4, -0.2) is 12.0 Å². The number of nitrogens with one attached hydrogen (secondary N) is 1. The first kappa shape index (κ1) is 14.2. The van der Waals surface area contributed by atoms with E-state index in [2.05, 4.69) is 55.7 Å². The van der Waals surface area contributed by atoms with E-state index in [1.165, 1.54) is 21.8 Å². The van der Waals surface area contributed by atoms with Gasteiger partial charge >= 0.3 is 0 Å². The maximum Gasteiger partial charge on any atom is 0.0972 e. The number of thiazole rings is 1. The SMILES string of the molecule is CNCc1ccccc1Cc1nc(C(C)(C)C)cs1. The number of benzene rings is 1. The predicted octanol–water partition coefficient (Wildman–Crippen LogP) is 3.75. The molecule has 1 N–H and O–H groups in total. The highest BCUT2D eigenvalue weighted by Gasteiger charge is 2.17. The topological polar surface area (TPSA) is 24.9 Å². The van der Waals surface area contributed by atoms with Gasteiger partial charge < -0.3 is 5.32 Å². The molecule has 0 aliphatic heterocycles. The smallest absolute Gasteiger partial charge is 0.0972 e. The second-order valence-electron chi connectivity index (χ2n) is 5.85. The fraction of sp³-hybridized carbons (Fsp3) is 0.438. The first-order chi connectivity index (χ1) is 9.00. The van der Waals surface area contributed by atoms with Crippen molar-refractivity contribution in [2.45, 2.75) is 39.2 Å². The van der Waals surface area contributed by atoms with Crippen molar-refractivity contribution < 1.29 is 0 Å². The van der Waals surface area contributed by atoms with Gasteiger partial charge in [-0.2, -0.15) is 0 Å². The van der Waals surface area contributed by atoms with E-state index in [9.17, 15) is 0 Å². The molecule has 0 spiro atoms. The van der Waals surface area contributed by atoms with E-state index in [4.69, 9.17) is 4.98 Å². The van der Waals surface area contributed by atoms with Gasteiger partial charge in [0.05, 0.1) is 10.7 Å². The molecular weight excluding hydrogens is 252 g/mol. The minimum absolute atomic E-state index is 0.138. The Kier molecular flexibility index (Phi) is 4.38. The van der Waals surface area contributed by atoms with Crippen molar-refractivity contribution in [1.82, 2.24) is 10.3 Å². The molecule has 0 aliphatic rings. The van der Waals surface area contributed by atoms with Gasteiger partial charge in [-0.25, -0.2) is 4.98 Å². The predicted molar refractivity (Wildman–Crippen MR) is 82.8 cm³/mol. The number of aromatic nitrogens is 1. The second kappa shape index (κ2) is 5.85. The standard InChI is InChI=1S/C16H22N2S/c1-16(2,3)14-11-19-15(18-14)9-12-7-5-6-8-13(12)10-17-4/h5-8,11,17H,9-10H2,1-4H3. The lowest BCUT2D eigenvalue weighted by molar-refractivity contribution is 0.571. The van der Waals surface area contributed by atoms with Crippen molar-refractivity contribution in [3.8, 4) is 0 Å². The molecule has 2 nitrogen and oxygen atoms in total. The molecule has 1 aromatic heterocycles. The molecule has 2 rings (SSSR count). The van der Waals surface area contributed by atoms with Crippen molar-refractivity contribution >= 4 is 11.3 Å². The van der Waals surface area contributed by atoms with E-state index in [1.807, 2.05) is 7.05 Å². The van der Waals surface area contributed by atoms with Crippen LogP contribution < -0.4 is 5.32 Å². The van der Waals surface area contributed by atoms with E-state index in [1.54, 1.807) is 11.3 Å². The third-order valence-electron chi connectivity index (χ3n) is 3.15. The second-order valence-corrected chi connectivity index (χ2v) is 6.79. The monoisotopic (exact) mass is 274 g/mol. The van der Waals surface area contributed by atoms with Gasteiger partial charge in [-0.05, 0) is 18.2 Å². The Morgan fingerprint density at radius 2 is 1.84 bits per heavy atom. The molecule has 0 bridgehead atoms. The third kappa shape index (κ3) is 3.64. The minimum Gasteiger partial charge on any atom is -0.316 e. The molecule has 2 aromatic rings. The summed E-state index contributed by atoms with van der Waals surface area (Å²) >= 11 is 1.77. The Hall–Kier alpha value is -1.19. The van der Waals surface area contributed by atoms with Crippen LogP contribution in [0.25, 0.3) is 0 Å². The Morgan fingerprint density at radius 1 is 1.16 bits per heavy atom. The van der Waals surface area contributed by atoms with Gasteiger partial charge in [0, 0.05) is 23.8 Å². The number of hydrogen-bond donors (Lipinski definition) is 1. The molecule has 0 saturated carbocycles. The zero-order valence-corrected chi connectivity index (χ0v) is 13.0. The highest BCUT2D eigenvalue weighted by Crippen LogP contribution is 2.25. The Bertz CT molecular complexity index is 538. The van der Waals surface area contributed by atoms with Gasteiger partial charge in [0.25, 0.3) is 0 Å². The summed E-state index contributed by atoms with van der Waals surface area (Å²) in [5.74, 6) is 0. The molecule has 1 heterocycles. The molecule has 0 unspecified atom stereocenters. The lowest BCUT2D eigenvalue weighted by atomic mass is 9.93. The molecule has 0 aliphatic carbocycles. The van der Waals surface area contributed by atoms with Crippen LogP contribution in [0.4, 0.5) is 0 Å². The van der Waals surface area contributed by atoms with E-state index in [-0.39, 0.29) is 5.41 Å². The fourth-order valence-electron chi connectivity index (χ4n) is 1.99. The molecule has 102 valence electrons. The summed E-state index contributed by atoms with van der Waals surface area (Å²) in [7, 11) is 1.98. The molecule has 19 heavy (non-hydrogen) atoms. The highest BCUT2D eigenvalue weighted by atomic mass is 32.1. The number of hydrogen-bond acceptors (Lipinski definition) is 3. The number of rotatable bonds is 4. The van der Waals surface area contributed by atoms with Gasteiger partial charge in [-0.15, -0.1) is 11.3 Å². The molecular formula is C16H22N2S. The summed E-state index contributed by atoms with van der Waals surface area (Å²) in [6, 6.07) is 8.58. The third-order valence-corrected chi connectivity index (χ3v) is 4.00. The first-order valence-corrected chi connectivity index (χ1v) is 7.55. The maximum atomic E-state index is 4.78. The van der Waals surface area contributed by atoms with Crippen LogP contribution in [0.2, 0.25) is 0 Å². The molecule has 1 aromatic carbocycles. The number of nitrogens with zero attached hydrogens (tertiary/aromatic N) is 1. The molecule has 0 fully saturated rings. The van der Waals surface area contributed by atoms with Gasteiger partial charge in [0.1, 0.15) is 0 Å². The maximum absolute atomic E-state index is 4.78. The molecule has 3 heteroatoms. The molecule has 0 saturated heterocycles. The van der Waals surface area contributed by atoms with Crippen molar-refractivity contribution in [1.29, 1.82) is 0 Å². The zero-order chi connectivity index (χ0) is 13.9. The minimum atomic E-state index is 0.138. The van der Waals surface area contributed by atoms with Crippen molar-refractivity contribution in [3.05, 3.63) is 51.5 Å². The summed E-state index contributed by atoms with van der Waals surface area (Å²) < 4.78 is 0. The van der Waals surface area contributed by atoms with E-state index >= 15 is 0 Å². The average molecular weight is 274 g/mol. The van der Waals surface area contributed by atoms with E-state index < -0.39 is 0 Å². The van der Waals surface area contributed by atoms with E-state index in [0.717, 1.165) is 13.0 Å². The quantitative estimate of drug-likeness (QED) is 0.918. The van der Waals surface area contributed by atoms with Crippen molar-refractivity contribution in [3.63, 3.8) is 0 Å². The average Bonchev–Trinajstić information content (AvgIpc) is 2.80. The van der Waals surface area contributed by atoms with Crippen LogP contribution in [-0.2, 0) is 18.4 Å². The zero-order valence-electron chi connectivity index (χ0n) is 12.2. The van der Waals surface area contributed by atoms with Crippen LogP contribution >= 0.6 is 11.3 Å². The summed E-state index contributed by atoms with van der Waals surface area (Å²) in [4.78, 5) is 4.78. The highest BCUT2D eigenvalue weighted by molar-refractivity contribution is 7.09. The Morgan fingerprint density at radius 3 is 2.42 bits per heavy atom. The van der Waals surface area contributed by atoms with Crippen LogP contribution in [0.5, 0.6) is 0 Å². The van der Waals surface area contributed by atoms with Crippen LogP contribution in [0.1, 0.15) is 42.6 Å². The van der Waals surface area contributed by atoms with Crippen LogP contribution in [0.3, 0.4) is 0 Å². The molecule has 0 atom stereocenters. The van der Waals surface area contributed by atoms with E-state index in [0.29, 0.717) is 0 Å². The van der Waals surface area contributed by atoms with Gasteiger partial charge in [0.2, 0.25) is 0 Å². The van der Waals surface area contributed by atoms with Crippen LogP contribution in [0.15, 0.2) is 29.6 Å². The van der Waals surface area contributed by atoms with Gasteiger partial charge in [-0.1, -0.05) is 45.0 Å². The van der Waals surface area contributed by atoms with Crippen molar-refractivity contribution in [2.24, 2.45) is 0 Å². The summed E-state index contributed by atoms with van der Waals surface area (Å²) in [6.45, 7) is 7.54.